The van der Waals surface area contributed by atoms with Gasteiger partial charge in [0.25, 0.3) is 0 Å². The highest BCUT2D eigenvalue weighted by atomic mass is 79.9. The summed E-state index contributed by atoms with van der Waals surface area (Å²) < 4.78 is 5.73. The number of aliphatic carboxylic acids is 2. The molecule has 0 bridgehead atoms. The highest BCUT2D eigenvalue weighted by Gasteiger charge is 2.20. The molecule has 21 heavy (non-hydrogen) atoms. The number of urea groups is 1. The van der Waals surface area contributed by atoms with Crippen LogP contribution in [0.5, 0.6) is 5.75 Å². The van der Waals surface area contributed by atoms with Gasteiger partial charge < -0.3 is 25.2 Å². The van der Waals surface area contributed by atoms with Gasteiger partial charge in [0, 0.05) is 11.8 Å². The number of nitrogens with zero attached hydrogens (tertiary/aromatic N) is 1. The summed E-state index contributed by atoms with van der Waals surface area (Å²) in [5.74, 6) is -2.14. The lowest BCUT2D eigenvalue weighted by Gasteiger charge is -2.19. The van der Waals surface area contributed by atoms with Crippen LogP contribution in [0.2, 0.25) is 0 Å². The fourth-order valence-corrected chi connectivity index (χ4v) is 1.87. The van der Waals surface area contributed by atoms with Crippen molar-refractivity contribution in [2.75, 3.05) is 25.5 Å². The van der Waals surface area contributed by atoms with Crippen LogP contribution in [0.15, 0.2) is 22.7 Å². The van der Waals surface area contributed by atoms with E-state index in [1.54, 1.807) is 12.1 Å². The lowest BCUT2D eigenvalue weighted by Crippen LogP contribution is -2.41. The van der Waals surface area contributed by atoms with Crippen LogP contribution in [0.1, 0.15) is 0 Å². The summed E-state index contributed by atoms with van der Waals surface area (Å²) >= 11 is 3.25. The van der Waals surface area contributed by atoms with E-state index in [1.165, 1.54) is 13.2 Å². The minimum absolute atomic E-state index is 0.348. The van der Waals surface area contributed by atoms with Crippen LogP contribution in [0.4, 0.5) is 10.5 Å². The molecule has 0 aliphatic heterocycles. The summed E-state index contributed by atoms with van der Waals surface area (Å²) in [4.78, 5) is 33.9. The Bertz CT molecular complexity index is 547. The number of benzene rings is 1. The third-order valence-electron chi connectivity index (χ3n) is 2.34. The Morgan fingerprint density at radius 2 is 1.81 bits per heavy atom. The summed E-state index contributed by atoms with van der Waals surface area (Å²) in [7, 11) is 1.45. The average molecular weight is 361 g/mol. The highest BCUT2D eigenvalue weighted by Crippen LogP contribution is 2.27. The molecule has 0 unspecified atom stereocenters. The Morgan fingerprint density at radius 3 is 2.29 bits per heavy atom. The maximum atomic E-state index is 11.9. The number of ether oxygens (including phenoxy) is 1. The molecule has 8 nitrogen and oxygen atoms in total. The molecule has 0 aliphatic carbocycles. The minimum atomic E-state index is -1.31. The average Bonchev–Trinajstić information content (AvgIpc) is 2.39. The highest BCUT2D eigenvalue weighted by molar-refractivity contribution is 9.10. The van der Waals surface area contributed by atoms with Crippen molar-refractivity contribution >= 4 is 39.6 Å². The number of carbonyl (C=O) groups excluding carboxylic acids is 1. The molecule has 0 fully saturated rings. The van der Waals surface area contributed by atoms with Crippen molar-refractivity contribution in [2.24, 2.45) is 0 Å². The summed E-state index contributed by atoms with van der Waals surface area (Å²) in [6, 6.07) is 3.88. The fourth-order valence-electron chi connectivity index (χ4n) is 1.47. The molecule has 1 aromatic rings. The number of hydrogen-bond acceptors (Lipinski definition) is 4. The van der Waals surface area contributed by atoms with Gasteiger partial charge in [-0.15, -0.1) is 0 Å². The van der Waals surface area contributed by atoms with Crippen molar-refractivity contribution < 1.29 is 29.3 Å². The Labute approximate surface area is 128 Å². The van der Waals surface area contributed by atoms with Gasteiger partial charge in [-0.1, -0.05) is 0 Å². The third-order valence-corrected chi connectivity index (χ3v) is 3.00. The van der Waals surface area contributed by atoms with E-state index < -0.39 is 31.1 Å². The molecule has 1 aromatic carbocycles. The van der Waals surface area contributed by atoms with Crippen molar-refractivity contribution in [2.45, 2.75) is 0 Å². The maximum Gasteiger partial charge on any atom is 0.323 e. The molecule has 0 spiro atoms. The molecule has 0 radical (unpaired) electrons. The van der Waals surface area contributed by atoms with Gasteiger partial charge in [-0.3, -0.25) is 9.59 Å². The summed E-state index contributed by atoms with van der Waals surface area (Å²) in [5, 5.41) is 19.8. The van der Waals surface area contributed by atoms with E-state index in [-0.39, 0.29) is 0 Å². The Morgan fingerprint density at radius 1 is 1.24 bits per heavy atom. The standard InChI is InChI=1S/C12H13BrN2O6/c1-21-9-4-7(2-3-8(9)13)14-12(20)15(5-10(16)17)6-11(18)19/h2-4H,5-6H2,1H3,(H,14,20)(H,16,17)(H,18,19). The number of anilines is 1. The SMILES string of the molecule is COc1cc(NC(=O)N(CC(=O)O)CC(=O)O)ccc1Br. The Kier molecular flexibility index (Phi) is 5.97. The molecular formula is C12H13BrN2O6. The smallest absolute Gasteiger partial charge is 0.323 e. The van der Waals surface area contributed by atoms with Crippen molar-refractivity contribution in [3.63, 3.8) is 0 Å². The van der Waals surface area contributed by atoms with E-state index in [9.17, 15) is 14.4 Å². The van der Waals surface area contributed by atoms with Crippen molar-refractivity contribution in [3.05, 3.63) is 22.7 Å². The summed E-state index contributed by atoms with van der Waals surface area (Å²) in [6.45, 7) is -1.43. The van der Waals surface area contributed by atoms with E-state index in [1.807, 2.05) is 0 Å². The zero-order chi connectivity index (χ0) is 16.0. The predicted molar refractivity (Wildman–Crippen MR) is 76.6 cm³/mol. The molecule has 0 atom stereocenters. The van der Waals surface area contributed by atoms with Gasteiger partial charge in [0.15, 0.2) is 0 Å². The Balaban J connectivity index is 2.85. The molecule has 1 rings (SSSR count). The van der Waals surface area contributed by atoms with Crippen LogP contribution >= 0.6 is 15.9 Å². The first-order chi connectivity index (χ1) is 9.83. The lowest BCUT2D eigenvalue weighted by molar-refractivity contribution is -0.140. The quantitative estimate of drug-likeness (QED) is 0.707. The van der Waals surface area contributed by atoms with E-state index >= 15 is 0 Å². The van der Waals surface area contributed by atoms with Crippen molar-refractivity contribution in [3.8, 4) is 5.75 Å². The van der Waals surface area contributed by atoms with Crippen molar-refractivity contribution in [1.29, 1.82) is 0 Å². The number of amides is 2. The number of rotatable bonds is 6. The van der Waals surface area contributed by atoms with E-state index in [0.717, 1.165) is 0 Å². The fraction of sp³-hybridized carbons (Fsp3) is 0.250. The van der Waals surface area contributed by atoms with Crippen LogP contribution in [-0.2, 0) is 9.59 Å². The molecule has 0 aliphatic rings. The predicted octanol–water partition coefficient (Wildman–Crippen LogP) is 1.46. The van der Waals surface area contributed by atoms with Crippen molar-refractivity contribution in [1.82, 2.24) is 4.90 Å². The molecule has 2 amide bonds. The number of carboxylic acids is 2. The van der Waals surface area contributed by atoms with Crippen LogP contribution in [-0.4, -0.2) is 53.3 Å². The number of hydrogen-bond donors (Lipinski definition) is 3. The van der Waals surface area contributed by atoms with Gasteiger partial charge in [-0.05, 0) is 28.1 Å². The Hall–Kier alpha value is -2.29. The number of carbonyl (C=O) groups is 3. The molecule has 0 aromatic heterocycles. The topological polar surface area (TPSA) is 116 Å². The molecule has 0 saturated carbocycles. The lowest BCUT2D eigenvalue weighted by atomic mass is 10.3. The first-order valence-corrected chi connectivity index (χ1v) is 6.46. The van der Waals surface area contributed by atoms with Gasteiger partial charge in [0.2, 0.25) is 0 Å². The number of methoxy groups -OCH3 is 1. The van der Waals surface area contributed by atoms with Crippen LogP contribution in [0.25, 0.3) is 0 Å². The monoisotopic (exact) mass is 360 g/mol. The van der Waals surface area contributed by atoms with Gasteiger partial charge >= 0.3 is 18.0 Å². The first kappa shape index (κ1) is 16.8. The number of halogens is 1. The molecule has 114 valence electrons. The maximum absolute atomic E-state index is 11.9. The van der Waals surface area contributed by atoms with Gasteiger partial charge in [-0.2, -0.15) is 0 Å². The summed E-state index contributed by atoms with van der Waals surface area (Å²) in [5.41, 5.74) is 0.348. The van der Waals surface area contributed by atoms with Crippen LogP contribution in [0.3, 0.4) is 0 Å². The second kappa shape index (κ2) is 7.48. The third kappa shape index (κ3) is 5.30. The second-order valence-corrected chi connectivity index (χ2v) is 4.78. The molecule has 0 heterocycles. The second-order valence-electron chi connectivity index (χ2n) is 3.92. The normalized spacial score (nSPS) is 9.81. The van der Waals surface area contributed by atoms with Crippen LogP contribution in [0, 0.1) is 0 Å². The van der Waals surface area contributed by atoms with E-state index in [2.05, 4.69) is 21.2 Å². The summed E-state index contributed by atoms with van der Waals surface area (Å²) in [6.07, 6.45) is 0. The zero-order valence-electron chi connectivity index (χ0n) is 11.0. The van der Waals surface area contributed by atoms with Crippen LogP contribution < -0.4 is 10.1 Å². The van der Waals surface area contributed by atoms with Gasteiger partial charge in [0.1, 0.15) is 18.8 Å². The number of carboxylic acid groups (broad SMARTS) is 2. The largest absolute Gasteiger partial charge is 0.495 e. The molecular weight excluding hydrogens is 348 g/mol. The van der Waals surface area contributed by atoms with Gasteiger partial charge in [0.05, 0.1) is 11.6 Å². The molecule has 9 heteroatoms. The molecule has 3 N–H and O–H groups in total. The minimum Gasteiger partial charge on any atom is -0.495 e. The number of nitrogens with one attached hydrogen (secondary N) is 1. The molecule has 0 saturated heterocycles. The van der Waals surface area contributed by atoms with Gasteiger partial charge in [-0.25, -0.2) is 4.79 Å². The zero-order valence-corrected chi connectivity index (χ0v) is 12.6. The first-order valence-electron chi connectivity index (χ1n) is 5.66. The van der Waals surface area contributed by atoms with E-state index in [0.29, 0.717) is 20.8 Å². The van der Waals surface area contributed by atoms with E-state index in [4.69, 9.17) is 14.9 Å².